The van der Waals surface area contributed by atoms with Crippen LogP contribution >= 0.6 is 23.3 Å². The summed E-state index contributed by atoms with van der Waals surface area (Å²) in [7, 11) is 3.85. The number of aromatic nitrogens is 1. The zero-order chi connectivity index (χ0) is 19.6. The number of hydrogen-bond donors (Lipinski definition) is 1. The minimum atomic E-state index is -0.188. The first-order valence-corrected chi connectivity index (χ1v) is 10.1. The molecule has 1 aromatic heterocycles. The van der Waals surface area contributed by atoms with Crippen molar-refractivity contribution in [1.82, 2.24) is 9.71 Å². The van der Waals surface area contributed by atoms with E-state index in [2.05, 4.69) is 26.6 Å². The van der Waals surface area contributed by atoms with Gasteiger partial charge in [-0.05, 0) is 31.0 Å². The molecule has 2 aromatic rings. The van der Waals surface area contributed by atoms with Crippen LogP contribution in [0.25, 0.3) is 0 Å². The van der Waals surface area contributed by atoms with Gasteiger partial charge in [-0.25, -0.2) is 4.98 Å². The molecule has 0 atom stereocenters. The normalized spacial score (nSPS) is 10.8. The molecule has 0 spiro atoms. The van der Waals surface area contributed by atoms with E-state index >= 15 is 0 Å². The number of rotatable bonds is 10. The molecule has 9 heteroatoms. The molecule has 1 aromatic carbocycles. The van der Waals surface area contributed by atoms with Crippen LogP contribution in [0.1, 0.15) is 20.9 Å². The number of nitrogens with zero attached hydrogens (tertiary/aromatic N) is 4. The van der Waals surface area contributed by atoms with E-state index in [0.29, 0.717) is 23.7 Å². The summed E-state index contributed by atoms with van der Waals surface area (Å²) in [6.07, 6.45) is 2.36. The molecule has 0 aliphatic heterocycles. The Labute approximate surface area is 167 Å². The van der Waals surface area contributed by atoms with Crippen molar-refractivity contribution in [2.45, 2.75) is 13.3 Å². The maximum atomic E-state index is 12.4. The summed E-state index contributed by atoms with van der Waals surface area (Å²) in [5, 5.41) is 7.01. The van der Waals surface area contributed by atoms with Crippen LogP contribution in [0.15, 0.2) is 33.9 Å². The van der Waals surface area contributed by atoms with Gasteiger partial charge in [-0.1, -0.05) is 0 Å². The Bertz CT molecular complexity index is 805. The van der Waals surface area contributed by atoms with Crippen molar-refractivity contribution in [2.75, 3.05) is 31.4 Å². The zero-order valence-corrected chi connectivity index (χ0v) is 17.3. The molecule has 0 unspecified atom stereocenters. The summed E-state index contributed by atoms with van der Waals surface area (Å²) in [5.41, 5.74) is 4.32. The summed E-state index contributed by atoms with van der Waals surface area (Å²) in [4.78, 5) is 19.8. The second-order valence-electron chi connectivity index (χ2n) is 5.75. The number of thiazole rings is 1. The lowest BCUT2D eigenvalue weighted by Crippen LogP contribution is -2.18. The van der Waals surface area contributed by atoms with Crippen LogP contribution < -0.4 is 14.4 Å². The Morgan fingerprint density at radius 3 is 2.93 bits per heavy atom. The second-order valence-corrected chi connectivity index (χ2v) is 7.52. The molecule has 27 heavy (non-hydrogen) atoms. The van der Waals surface area contributed by atoms with Crippen molar-refractivity contribution in [3.05, 3.63) is 39.8 Å². The van der Waals surface area contributed by atoms with Crippen LogP contribution in [0.3, 0.4) is 0 Å². The fourth-order valence-corrected chi connectivity index (χ4v) is 3.41. The Hall–Kier alpha value is -2.39. The predicted molar refractivity (Wildman–Crippen MR) is 115 cm³/mol. The number of benzene rings is 1. The number of amides is 1. The Morgan fingerprint density at radius 2 is 2.26 bits per heavy atom. The fraction of sp³-hybridized carbons (Fsp3) is 0.333. The number of carbonyl (C=O) groups is 1. The molecule has 0 saturated carbocycles. The first kappa shape index (κ1) is 20.9. The van der Waals surface area contributed by atoms with Gasteiger partial charge >= 0.3 is 0 Å². The number of carbonyl (C=O) groups excluding carboxylic acids is 1. The number of ether oxygens (including phenoxy) is 1. The molecule has 0 bridgehead atoms. The molecule has 2 rings (SSSR count). The highest BCUT2D eigenvalue weighted by Gasteiger charge is 2.11. The van der Waals surface area contributed by atoms with Gasteiger partial charge in [0.15, 0.2) is 0 Å². The minimum absolute atomic E-state index is 0.188. The third-order valence-corrected chi connectivity index (χ3v) is 5.24. The quantitative estimate of drug-likeness (QED) is 0.284. The predicted octanol–water partition coefficient (Wildman–Crippen LogP) is 3.20. The van der Waals surface area contributed by atoms with Crippen LogP contribution in [-0.4, -0.2) is 50.3 Å². The van der Waals surface area contributed by atoms with Crippen LogP contribution in [0.4, 0.5) is 5.69 Å². The van der Waals surface area contributed by atoms with E-state index in [1.165, 1.54) is 16.8 Å². The topological polar surface area (TPSA) is 79.2 Å². The van der Waals surface area contributed by atoms with Gasteiger partial charge < -0.3 is 9.64 Å². The lowest BCUT2D eigenvalue weighted by molar-refractivity contribution is 0.0984. The molecule has 0 fully saturated rings. The van der Waals surface area contributed by atoms with Crippen molar-refractivity contribution in [2.24, 2.45) is 10.2 Å². The average molecular weight is 406 g/mol. The molecular formula is C18H23N5O2S2. The number of aryl methyl sites for hydroxylation is 1. The standard InChI is InChI=1S/C18H23N5O2S2/c1-13-17(26-12-20-13)5-7-25-16-10-14(9-15(11-16)23(3)4)18(24)22-27-8-6-21-19-2/h6,9-12H,2,5,7-8H2,1,3-4H3,(H,22,24)/b21-6-. The van der Waals surface area contributed by atoms with Crippen LogP contribution in [0.2, 0.25) is 0 Å². The van der Waals surface area contributed by atoms with Gasteiger partial charge in [0.25, 0.3) is 5.91 Å². The van der Waals surface area contributed by atoms with E-state index in [1.807, 2.05) is 43.6 Å². The van der Waals surface area contributed by atoms with E-state index in [4.69, 9.17) is 4.74 Å². The third-order valence-electron chi connectivity index (χ3n) is 3.60. The highest BCUT2D eigenvalue weighted by molar-refractivity contribution is 7.98. The van der Waals surface area contributed by atoms with E-state index in [9.17, 15) is 4.79 Å². The molecular weight excluding hydrogens is 382 g/mol. The molecule has 0 radical (unpaired) electrons. The molecule has 144 valence electrons. The van der Waals surface area contributed by atoms with E-state index in [-0.39, 0.29) is 5.91 Å². The van der Waals surface area contributed by atoms with Gasteiger partial charge in [-0.3, -0.25) is 9.52 Å². The summed E-state index contributed by atoms with van der Waals surface area (Å²) in [6.45, 7) is 5.78. The monoisotopic (exact) mass is 405 g/mol. The van der Waals surface area contributed by atoms with E-state index in [0.717, 1.165) is 17.8 Å². The fourth-order valence-electron chi connectivity index (χ4n) is 2.18. The molecule has 0 saturated heterocycles. The number of anilines is 1. The number of nitrogens with one attached hydrogen (secondary N) is 1. The highest BCUT2D eigenvalue weighted by atomic mass is 32.2. The van der Waals surface area contributed by atoms with Crippen molar-refractivity contribution in [3.8, 4) is 5.75 Å². The molecule has 7 nitrogen and oxygen atoms in total. The average Bonchev–Trinajstić information content (AvgIpc) is 3.06. The van der Waals surface area contributed by atoms with Crippen LogP contribution in [0.5, 0.6) is 5.75 Å². The Kier molecular flexibility index (Phi) is 8.28. The van der Waals surface area contributed by atoms with Crippen molar-refractivity contribution in [3.63, 3.8) is 0 Å². The minimum Gasteiger partial charge on any atom is -0.493 e. The van der Waals surface area contributed by atoms with E-state index in [1.54, 1.807) is 23.6 Å². The first-order chi connectivity index (χ1) is 13.0. The second kappa shape index (κ2) is 10.7. The Balaban J connectivity index is 2.01. The lowest BCUT2D eigenvalue weighted by Gasteiger charge is -2.16. The van der Waals surface area contributed by atoms with Gasteiger partial charge in [-0.15, -0.1) is 11.3 Å². The SMILES string of the molecule is C=N/N=C\CSNC(=O)c1cc(OCCc2scnc2C)cc(N(C)C)c1. The summed E-state index contributed by atoms with van der Waals surface area (Å²) >= 11 is 2.87. The maximum absolute atomic E-state index is 12.4. The zero-order valence-electron chi connectivity index (χ0n) is 15.6. The van der Waals surface area contributed by atoms with Gasteiger partial charge in [0.05, 0.1) is 23.6 Å². The van der Waals surface area contributed by atoms with Gasteiger partial charge in [-0.2, -0.15) is 10.2 Å². The molecule has 1 heterocycles. The van der Waals surface area contributed by atoms with Crippen molar-refractivity contribution in [1.29, 1.82) is 0 Å². The van der Waals surface area contributed by atoms with E-state index < -0.39 is 0 Å². The molecule has 1 N–H and O–H groups in total. The third kappa shape index (κ3) is 6.69. The maximum Gasteiger partial charge on any atom is 0.261 e. The molecule has 0 aliphatic carbocycles. The van der Waals surface area contributed by atoms with Crippen LogP contribution in [-0.2, 0) is 6.42 Å². The largest absolute Gasteiger partial charge is 0.493 e. The van der Waals surface area contributed by atoms with Gasteiger partial charge in [0.1, 0.15) is 5.75 Å². The Morgan fingerprint density at radius 1 is 1.44 bits per heavy atom. The van der Waals surface area contributed by atoms with Gasteiger partial charge in [0.2, 0.25) is 0 Å². The molecule has 1 amide bonds. The number of hydrogen-bond acceptors (Lipinski definition) is 8. The molecule has 0 aliphatic rings. The first-order valence-electron chi connectivity index (χ1n) is 8.25. The van der Waals surface area contributed by atoms with Crippen molar-refractivity contribution >= 4 is 47.8 Å². The smallest absolute Gasteiger partial charge is 0.261 e. The summed E-state index contributed by atoms with van der Waals surface area (Å²) in [5.74, 6) is 0.984. The lowest BCUT2D eigenvalue weighted by atomic mass is 10.1. The van der Waals surface area contributed by atoms with Crippen LogP contribution in [0, 0.1) is 6.92 Å². The summed E-state index contributed by atoms with van der Waals surface area (Å²) in [6, 6.07) is 5.50. The van der Waals surface area contributed by atoms with Gasteiger partial charge in [0, 0.05) is 55.6 Å². The highest BCUT2D eigenvalue weighted by Crippen LogP contribution is 2.24. The summed E-state index contributed by atoms with van der Waals surface area (Å²) < 4.78 is 8.68. The van der Waals surface area contributed by atoms with Crippen molar-refractivity contribution < 1.29 is 9.53 Å².